The van der Waals surface area contributed by atoms with Gasteiger partial charge in [0, 0.05) is 19.4 Å². The summed E-state index contributed by atoms with van der Waals surface area (Å²) in [6.07, 6.45) is -5.08. The van der Waals surface area contributed by atoms with Gasteiger partial charge in [0.2, 0.25) is 0 Å². The summed E-state index contributed by atoms with van der Waals surface area (Å²) in [6, 6.07) is 0. The fraction of sp³-hybridized carbons (Fsp3) is 0.600. The summed E-state index contributed by atoms with van der Waals surface area (Å²) in [5.41, 5.74) is 0. The first kappa shape index (κ1) is 8.16. The maximum absolute atomic E-state index is 12.5. The molecule has 0 aromatic carbocycles. The summed E-state index contributed by atoms with van der Waals surface area (Å²) < 4.78 is 47.9. The number of halogens is 4. The van der Waals surface area contributed by atoms with Gasteiger partial charge in [-0.05, 0) is 0 Å². The Balaban J connectivity index is 2.70. The van der Waals surface area contributed by atoms with E-state index in [1.54, 1.807) is 0 Å². The lowest BCUT2D eigenvalue weighted by Gasteiger charge is -2.24. The van der Waals surface area contributed by atoms with Crippen LogP contribution in [0.15, 0.2) is 12.4 Å². The molecule has 0 aromatic rings. The number of rotatable bonds is 0. The van der Waals surface area contributed by atoms with Gasteiger partial charge in [-0.1, -0.05) is 0 Å². The number of alkyl halides is 4. The molecule has 64 valence electrons. The molecule has 0 amide bonds. The van der Waals surface area contributed by atoms with Crippen molar-refractivity contribution in [3.8, 4) is 0 Å². The zero-order valence-electron chi connectivity index (χ0n) is 5.64. The zero-order chi connectivity index (χ0) is 8.65. The Labute approximate surface area is 60.7 Å². The van der Waals surface area contributed by atoms with E-state index in [0.717, 1.165) is 11.1 Å². The van der Waals surface area contributed by atoms with Crippen molar-refractivity contribution in [2.75, 3.05) is 7.05 Å². The van der Waals surface area contributed by atoms with Crippen molar-refractivity contribution in [1.29, 1.82) is 0 Å². The molecule has 0 aromatic heterocycles. The Morgan fingerprint density at radius 1 is 1.27 bits per heavy atom. The first-order chi connectivity index (χ1) is 4.93. The predicted molar refractivity (Wildman–Crippen MR) is 29.7 cm³/mol. The molecule has 6 heteroatoms. The highest BCUT2D eigenvalue weighted by Crippen LogP contribution is 2.29. The second-order valence-corrected chi connectivity index (χ2v) is 2.15. The van der Waals surface area contributed by atoms with Crippen molar-refractivity contribution in [2.45, 2.75) is 12.7 Å². The SMILES string of the molecule is CN1C=CN(C(F)(F)F)C1F. The number of hydrogen-bond acceptors (Lipinski definition) is 2. The molecular formula is C5H6F4N2. The highest BCUT2D eigenvalue weighted by Gasteiger charge is 2.43. The molecule has 1 rings (SSSR count). The van der Waals surface area contributed by atoms with Crippen LogP contribution in [0.2, 0.25) is 0 Å². The van der Waals surface area contributed by atoms with Crippen molar-refractivity contribution < 1.29 is 17.6 Å². The Kier molecular flexibility index (Phi) is 1.69. The first-order valence-corrected chi connectivity index (χ1v) is 2.82. The third kappa shape index (κ3) is 1.38. The fourth-order valence-corrected chi connectivity index (χ4v) is 0.721. The van der Waals surface area contributed by atoms with Crippen LogP contribution < -0.4 is 0 Å². The van der Waals surface area contributed by atoms with Gasteiger partial charge in [-0.2, -0.15) is 4.39 Å². The van der Waals surface area contributed by atoms with Gasteiger partial charge < -0.3 is 4.90 Å². The lowest BCUT2D eigenvalue weighted by atomic mass is 10.7. The third-order valence-electron chi connectivity index (χ3n) is 1.32. The molecule has 1 aliphatic rings. The summed E-state index contributed by atoms with van der Waals surface area (Å²) in [6.45, 7) is 0. The summed E-state index contributed by atoms with van der Waals surface area (Å²) in [4.78, 5) is 0.514. The van der Waals surface area contributed by atoms with Crippen LogP contribution >= 0.6 is 0 Å². The van der Waals surface area contributed by atoms with Gasteiger partial charge in [-0.15, -0.1) is 13.2 Å². The lowest BCUT2D eigenvalue weighted by molar-refractivity contribution is -0.261. The summed E-state index contributed by atoms with van der Waals surface area (Å²) >= 11 is 0. The van der Waals surface area contributed by atoms with Crippen molar-refractivity contribution >= 4 is 0 Å². The second-order valence-electron chi connectivity index (χ2n) is 2.15. The predicted octanol–water partition coefficient (Wildman–Crippen LogP) is 1.48. The average molecular weight is 170 g/mol. The van der Waals surface area contributed by atoms with Crippen molar-refractivity contribution in [2.24, 2.45) is 0 Å². The molecule has 1 aliphatic heterocycles. The van der Waals surface area contributed by atoms with Crippen molar-refractivity contribution in [3.05, 3.63) is 12.4 Å². The van der Waals surface area contributed by atoms with E-state index in [1.807, 2.05) is 0 Å². The highest BCUT2D eigenvalue weighted by molar-refractivity contribution is 4.92. The average Bonchev–Trinajstić information content (AvgIpc) is 2.11. The van der Waals surface area contributed by atoms with E-state index in [1.165, 1.54) is 7.05 Å². The molecule has 1 atom stereocenters. The van der Waals surface area contributed by atoms with Gasteiger partial charge in [0.1, 0.15) is 0 Å². The van der Waals surface area contributed by atoms with Crippen molar-refractivity contribution in [3.63, 3.8) is 0 Å². The van der Waals surface area contributed by atoms with E-state index in [4.69, 9.17) is 0 Å². The van der Waals surface area contributed by atoms with Crippen LogP contribution in [0, 0.1) is 0 Å². The monoisotopic (exact) mass is 170 g/mol. The minimum absolute atomic E-state index is 0.312. The van der Waals surface area contributed by atoms with E-state index in [9.17, 15) is 17.6 Å². The van der Waals surface area contributed by atoms with Crippen LogP contribution in [0.3, 0.4) is 0 Å². The third-order valence-corrected chi connectivity index (χ3v) is 1.32. The molecular weight excluding hydrogens is 164 g/mol. The molecule has 0 spiro atoms. The van der Waals surface area contributed by atoms with E-state index in [0.29, 0.717) is 6.20 Å². The van der Waals surface area contributed by atoms with E-state index < -0.39 is 12.7 Å². The minimum atomic E-state index is -4.64. The first-order valence-electron chi connectivity index (χ1n) is 2.82. The molecule has 1 heterocycles. The van der Waals surface area contributed by atoms with Gasteiger partial charge in [0.15, 0.2) is 0 Å². The quantitative estimate of drug-likeness (QED) is 0.401. The van der Waals surface area contributed by atoms with Crippen LogP contribution in [0.4, 0.5) is 17.6 Å². The van der Waals surface area contributed by atoms with Crippen LogP contribution in [-0.4, -0.2) is 29.6 Å². The Morgan fingerprint density at radius 3 is 2.00 bits per heavy atom. The molecule has 0 bridgehead atoms. The van der Waals surface area contributed by atoms with E-state index in [-0.39, 0.29) is 4.90 Å². The second kappa shape index (κ2) is 2.28. The van der Waals surface area contributed by atoms with Gasteiger partial charge in [-0.25, -0.2) is 4.90 Å². The molecule has 2 nitrogen and oxygen atoms in total. The van der Waals surface area contributed by atoms with E-state index in [2.05, 4.69) is 0 Å². The van der Waals surface area contributed by atoms with Crippen LogP contribution in [-0.2, 0) is 0 Å². The van der Waals surface area contributed by atoms with Gasteiger partial charge >= 0.3 is 6.30 Å². The van der Waals surface area contributed by atoms with Gasteiger partial charge in [0.05, 0.1) is 0 Å². The number of hydrogen-bond donors (Lipinski definition) is 0. The molecule has 1 unspecified atom stereocenters. The molecule has 0 saturated heterocycles. The maximum atomic E-state index is 12.5. The Morgan fingerprint density at radius 2 is 1.82 bits per heavy atom. The normalized spacial score (nSPS) is 25.0. The lowest BCUT2D eigenvalue weighted by Crippen LogP contribution is -2.41. The van der Waals surface area contributed by atoms with Gasteiger partial charge in [0.25, 0.3) is 6.42 Å². The smallest absolute Gasteiger partial charge is 0.333 e. The topological polar surface area (TPSA) is 6.48 Å². The van der Waals surface area contributed by atoms with Crippen molar-refractivity contribution in [1.82, 2.24) is 9.80 Å². The van der Waals surface area contributed by atoms with Crippen LogP contribution in [0.1, 0.15) is 0 Å². The summed E-state index contributed by atoms with van der Waals surface area (Å²) in [7, 11) is 1.23. The van der Waals surface area contributed by atoms with Crippen LogP contribution in [0.25, 0.3) is 0 Å². The summed E-state index contributed by atoms with van der Waals surface area (Å²) in [5, 5.41) is 0. The molecule has 0 N–H and O–H groups in total. The Bertz CT molecular complexity index is 176. The molecule has 11 heavy (non-hydrogen) atoms. The van der Waals surface area contributed by atoms with E-state index >= 15 is 0 Å². The van der Waals surface area contributed by atoms with Gasteiger partial charge in [-0.3, -0.25) is 0 Å². The number of nitrogens with zero attached hydrogens (tertiary/aromatic N) is 2. The molecule has 0 radical (unpaired) electrons. The molecule has 0 aliphatic carbocycles. The standard InChI is InChI=1S/C5H6F4N2/c1-10-2-3-11(4(10)6)5(7,8)9/h2-4H,1H3. The largest absolute Gasteiger partial charge is 0.488 e. The van der Waals surface area contributed by atoms with Crippen LogP contribution in [0.5, 0.6) is 0 Å². The fourth-order valence-electron chi connectivity index (χ4n) is 0.721. The Hall–Kier alpha value is -0.940. The summed E-state index contributed by atoms with van der Waals surface area (Å²) in [5.74, 6) is 0. The minimum Gasteiger partial charge on any atom is -0.333 e. The highest BCUT2D eigenvalue weighted by atomic mass is 19.4. The molecule has 0 saturated carbocycles. The maximum Gasteiger partial charge on any atom is 0.488 e. The molecule has 0 fully saturated rings. The zero-order valence-corrected chi connectivity index (χ0v) is 5.64.